The first-order valence-electron chi connectivity index (χ1n) is 8.12. The van der Waals surface area contributed by atoms with Crippen LogP contribution >= 0.6 is 25.3 Å². The van der Waals surface area contributed by atoms with E-state index in [1.54, 1.807) is 6.07 Å². The van der Waals surface area contributed by atoms with Crippen LogP contribution in [0.15, 0.2) is 70.5 Å². The highest BCUT2D eigenvalue weighted by Crippen LogP contribution is 2.27. The minimum Gasteiger partial charge on any atom is -0.397 e. The zero-order chi connectivity index (χ0) is 20.1. The number of nitro groups is 1. The van der Waals surface area contributed by atoms with Crippen molar-refractivity contribution in [2.75, 3.05) is 5.73 Å². The lowest BCUT2D eigenvalue weighted by Gasteiger charge is -2.01. The van der Waals surface area contributed by atoms with Crippen LogP contribution in [0.25, 0.3) is 0 Å². The van der Waals surface area contributed by atoms with E-state index < -0.39 is 4.92 Å². The lowest BCUT2D eigenvalue weighted by molar-refractivity contribution is -0.385. The summed E-state index contributed by atoms with van der Waals surface area (Å²) in [5, 5.41) is 11.2. The molecule has 28 heavy (non-hydrogen) atoms. The van der Waals surface area contributed by atoms with Crippen LogP contribution < -0.4 is 5.73 Å². The van der Waals surface area contributed by atoms with Crippen molar-refractivity contribution in [2.45, 2.75) is 9.79 Å². The molecule has 0 unspecified atom stereocenters. The fourth-order valence-electron chi connectivity index (χ4n) is 2.37. The first kappa shape index (κ1) is 19.4. The Labute approximate surface area is 173 Å². The molecule has 0 fully saturated rings. The molecule has 6 heteroatoms. The molecule has 3 aromatic carbocycles. The van der Waals surface area contributed by atoms with Gasteiger partial charge in [0.05, 0.1) is 10.6 Å². The van der Waals surface area contributed by atoms with E-state index in [1.165, 1.54) is 6.07 Å². The van der Waals surface area contributed by atoms with Crippen LogP contribution in [-0.4, -0.2) is 4.92 Å². The Morgan fingerprint density at radius 3 is 1.71 bits per heavy atom. The molecule has 0 aliphatic heterocycles. The Bertz CT molecular complexity index is 1160. The molecule has 0 radical (unpaired) electrons. The predicted molar refractivity (Wildman–Crippen MR) is 117 cm³/mol. The highest BCUT2D eigenvalue weighted by molar-refractivity contribution is 7.80. The molecule has 136 valence electrons. The maximum absolute atomic E-state index is 11.2. The molecule has 2 N–H and O–H groups in total. The summed E-state index contributed by atoms with van der Waals surface area (Å²) >= 11 is 8.36. The predicted octanol–water partition coefficient (Wildman–Crippen LogP) is 4.55. The fourth-order valence-corrected chi connectivity index (χ4v) is 2.78. The maximum Gasteiger partial charge on any atom is 0.288 e. The van der Waals surface area contributed by atoms with Crippen molar-refractivity contribution in [3.05, 3.63) is 93.0 Å². The summed E-state index contributed by atoms with van der Waals surface area (Å²) in [5.41, 5.74) is 8.56. The van der Waals surface area contributed by atoms with Gasteiger partial charge in [-0.2, -0.15) is 0 Å². The van der Waals surface area contributed by atoms with Crippen molar-refractivity contribution in [3.63, 3.8) is 0 Å². The topological polar surface area (TPSA) is 69.2 Å². The molecule has 4 nitrogen and oxygen atoms in total. The number of hydrogen-bond acceptors (Lipinski definition) is 5. The number of anilines is 1. The third kappa shape index (κ3) is 4.89. The highest BCUT2D eigenvalue weighted by Gasteiger charge is 2.16. The van der Waals surface area contributed by atoms with Gasteiger partial charge in [-0.3, -0.25) is 10.1 Å². The van der Waals surface area contributed by atoms with Crippen LogP contribution in [0.5, 0.6) is 0 Å². The first-order chi connectivity index (χ1) is 13.4. The number of nitrogens with two attached hydrogens (primary N) is 1. The molecule has 0 aromatic heterocycles. The Balaban J connectivity index is 1.84. The molecule has 0 bridgehead atoms. The second-order valence-corrected chi connectivity index (χ2v) is 6.84. The number of hydrogen-bond donors (Lipinski definition) is 3. The van der Waals surface area contributed by atoms with Crippen LogP contribution in [0, 0.1) is 33.8 Å². The zero-order valence-corrected chi connectivity index (χ0v) is 16.3. The van der Waals surface area contributed by atoms with Crippen LogP contribution in [-0.2, 0) is 0 Å². The molecule has 3 rings (SSSR count). The molecule has 0 aliphatic rings. The molecule has 0 saturated heterocycles. The highest BCUT2D eigenvalue weighted by atomic mass is 32.1. The third-order valence-electron chi connectivity index (χ3n) is 3.76. The van der Waals surface area contributed by atoms with Crippen molar-refractivity contribution in [1.82, 2.24) is 0 Å². The van der Waals surface area contributed by atoms with Gasteiger partial charge in [0, 0.05) is 32.5 Å². The molecule has 0 aliphatic carbocycles. The van der Waals surface area contributed by atoms with Gasteiger partial charge in [0.1, 0.15) is 5.56 Å². The van der Waals surface area contributed by atoms with Gasteiger partial charge in [-0.25, -0.2) is 0 Å². The van der Waals surface area contributed by atoms with Crippen molar-refractivity contribution >= 4 is 36.6 Å². The lowest BCUT2D eigenvalue weighted by atomic mass is 10.1. The van der Waals surface area contributed by atoms with Gasteiger partial charge in [-0.15, -0.1) is 25.3 Å². The van der Waals surface area contributed by atoms with E-state index in [0.717, 1.165) is 16.0 Å². The molecule has 0 spiro atoms. The van der Waals surface area contributed by atoms with Crippen molar-refractivity contribution in [3.8, 4) is 23.7 Å². The van der Waals surface area contributed by atoms with Crippen molar-refractivity contribution < 1.29 is 4.92 Å². The molecular weight excluding hydrogens is 388 g/mol. The van der Waals surface area contributed by atoms with Gasteiger partial charge in [-0.1, -0.05) is 23.7 Å². The number of nitrogen functional groups attached to an aromatic ring is 1. The summed E-state index contributed by atoms with van der Waals surface area (Å²) in [4.78, 5) is 12.0. The molecular formula is C22H14N2O2S2. The quantitative estimate of drug-likeness (QED) is 0.184. The Hall–Kier alpha value is -3.32. The number of benzene rings is 3. The Kier molecular flexibility index (Phi) is 5.96. The second-order valence-electron chi connectivity index (χ2n) is 5.81. The summed E-state index contributed by atoms with van der Waals surface area (Å²) < 4.78 is 0. The van der Waals surface area contributed by atoms with Gasteiger partial charge in [0.2, 0.25) is 0 Å². The standard InChI is InChI=1S/C22H14N2O2S2/c23-21-13-19(28)14-22(24(25)26)20(21)12-9-16-4-1-15(2-5-16)3-6-17-7-10-18(27)11-8-17/h1-2,4-5,7-8,10-11,13-14,27-28H,23H2. The SMILES string of the molecule is Nc1cc(S)cc([N+](=O)[O-])c1C#Cc1ccc(C#Cc2ccc(S)cc2)cc1. The van der Waals surface area contributed by atoms with Gasteiger partial charge in [0.15, 0.2) is 0 Å². The van der Waals surface area contributed by atoms with Crippen LogP contribution in [0.1, 0.15) is 22.3 Å². The lowest BCUT2D eigenvalue weighted by Crippen LogP contribution is -1.98. The molecule has 0 heterocycles. The summed E-state index contributed by atoms with van der Waals surface area (Å²) in [7, 11) is 0. The minimum absolute atomic E-state index is 0.160. The largest absolute Gasteiger partial charge is 0.397 e. The van der Waals surface area contributed by atoms with E-state index in [2.05, 4.69) is 48.9 Å². The normalized spacial score (nSPS) is 9.64. The van der Waals surface area contributed by atoms with E-state index in [0.29, 0.717) is 10.5 Å². The van der Waals surface area contributed by atoms with Gasteiger partial charge in [0.25, 0.3) is 5.69 Å². The van der Waals surface area contributed by atoms with E-state index in [-0.39, 0.29) is 16.9 Å². The molecule has 0 saturated carbocycles. The first-order valence-corrected chi connectivity index (χ1v) is 9.02. The molecule has 0 amide bonds. The van der Waals surface area contributed by atoms with Crippen LogP contribution in [0.4, 0.5) is 11.4 Å². The molecule has 0 atom stereocenters. The van der Waals surface area contributed by atoms with Gasteiger partial charge >= 0.3 is 0 Å². The number of nitrogens with zero attached hydrogens (tertiary/aromatic N) is 1. The number of thiol groups is 2. The zero-order valence-electron chi connectivity index (χ0n) is 14.5. The third-order valence-corrected chi connectivity index (χ3v) is 4.32. The van der Waals surface area contributed by atoms with E-state index in [9.17, 15) is 10.1 Å². The number of rotatable bonds is 1. The Morgan fingerprint density at radius 2 is 1.21 bits per heavy atom. The average Bonchev–Trinajstić information content (AvgIpc) is 2.67. The monoisotopic (exact) mass is 402 g/mol. The van der Waals surface area contributed by atoms with E-state index >= 15 is 0 Å². The van der Waals surface area contributed by atoms with E-state index in [4.69, 9.17) is 5.73 Å². The Morgan fingerprint density at radius 1 is 0.750 bits per heavy atom. The smallest absolute Gasteiger partial charge is 0.288 e. The van der Waals surface area contributed by atoms with Gasteiger partial charge < -0.3 is 5.73 Å². The summed E-state index contributed by atoms with van der Waals surface area (Å²) in [6.45, 7) is 0. The number of nitro benzene ring substituents is 1. The van der Waals surface area contributed by atoms with Crippen molar-refractivity contribution in [1.29, 1.82) is 0 Å². The fraction of sp³-hybridized carbons (Fsp3) is 0. The van der Waals surface area contributed by atoms with Gasteiger partial charge in [-0.05, 0) is 54.6 Å². The maximum atomic E-state index is 11.2. The summed E-state index contributed by atoms with van der Waals surface area (Å²) in [5.74, 6) is 11.9. The molecule has 3 aromatic rings. The average molecular weight is 403 g/mol. The van der Waals surface area contributed by atoms with Crippen LogP contribution in [0.3, 0.4) is 0 Å². The van der Waals surface area contributed by atoms with E-state index in [1.807, 2.05) is 48.5 Å². The summed E-state index contributed by atoms with van der Waals surface area (Å²) in [6, 6.07) is 17.8. The minimum atomic E-state index is -0.515. The second kappa shape index (κ2) is 8.58. The van der Waals surface area contributed by atoms with Crippen LogP contribution in [0.2, 0.25) is 0 Å². The summed E-state index contributed by atoms with van der Waals surface area (Å²) in [6.07, 6.45) is 0. The van der Waals surface area contributed by atoms with Crippen molar-refractivity contribution in [2.24, 2.45) is 0 Å².